The van der Waals surface area contributed by atoms with Gasteiger partial charge in [0.2, 0.25) is 6.79 Å². The molecule has 30 heavy (non-hydrogen) atoms. The normalized spacial score (nSPS) is 12.5. The molecule has 4 aromatic rings. The Hall–Kier alpha value is -4.21. The SMILES string of the molecule is Cn1c(=O)n(-c2ccc3c(c2)OCO3)c2nc(-c3cccc(F)c3)nc(C(N)=O)c21. The van der Waals surface area contributed by atoms with Crippen LogP contribution in [0.5, 0.6) is 11.5 Å². The van der Waals surface area contributed by atoms with E-state index in [1.807, 2.05) is 0 Å². The lowest BCUT2D eigenvalue weighted by Crippen LogP contribution is -2.21. The molecular weight excluding hydrogens is 393 g/mol. The fourth-order valence-corrected chi connectivity index (χ4v) is 3.43. The average molecular weight is 407 g/mol. The van der Waals surface area contributed by atoms with Gasteiger partial charge in [-0.2, -0.15) is 0 Å². The van der Waals surface area contributed by atoms with E-state index in [2.05, 4.69) is 9.97 Å². The second-order valence-corrected chi connectivity index (χ2v) is 6.66. The van der Waals surface area contributed by atoms with Crippen LogP contribution in [-0.4, -0.2) is 31.8 Å². The van der Waals surface area contributed by atoms with Crippen LogP contribution in [-0.2, 0) is 7.05 Å². The van der Waals surface area contributed by atoms with Crippen molar-refractivity contribution < 1.29 is 18.7 Å². The first-order valence-electron chi connectivity index (χ1n) is 8.89. The number of carbonyl (C=O) groups excluding carboxylic acids is 1. The van der Waals surface area contributed by atoms with Crippen LogP contribution in [0.3, 0.4) is 0 Å². The Labute approximate surface area is 168 Å². The number of benzene rings is 2. The lowest BCUT2D eigenvalue weighted by molar-refractivity contribution is 0.0997. The van der Waals surface area contributed by atoms with Crippen LogP contribution in [0.4, 0.5) is 4.39 Å². The maximum atomic E-state index is 13.7. The van der Waals surface area contributed by atoms with Gasteiger partial charge in [-0.15, -0.1) is 0 Å². The molecule has 1 aliphatic rings. The first-order chi connectivity index (χ1) is 14.4. The highest BCUT2D eigenvalue weighted by molar-refractivity contribution is 6.02. The molecule has 0 fully saturated rings. The van der Waals surface area contributed by atoms with Gasteiger partial charge in [0.05, 0.1) is 5.69 Å². The van der Waals surface area contributed by atoms with Crippen molar-refractivity contribution >= 4 is 17.1 Å². The van der Waals surface area contributed by atoms with Gasteiger partial charge < -0.3 is 15.2 Å². The highest BCUT2D eigenvalue weighted by Gasteiger charge is 2.24. The van der Waals surface area contributed by atoms with E-state index in [0.717, 1.165) is 0 Å². The summed E-state index contributed by atoms with van der Waals surface area (Å²) in [7, 11) is 1.49. The number of imidazole rings is 1. The van der Waals surface area contributed by atoms with E-state index in [0.29, 0.717) is 22.7 Å². The summed E-state index contributed by atoms with van der Waals surface area (Å²) >= 11 is 0. The summed E-state index contributed by atoms with van der Waals surface area (Å²) in [5, 5.41) is 0. The molecule has 2 aromatic heterocycles. The number of hydrogen-bond donors (Lipinski definition) is 1. The van der Waals surface area contributed by atoms with Crippen LogP contribution >= 0.6 is 0 Å². The molecule has 9 nitrogen and oxygen atoms in total. The van der Waals surface area contributed by atoms with Crippen LogP contribution < -0.4 is 20.9 Å². The molecule has 3 heterocycles. The summed E-state index contributed by atoms with van der Waals surface area (Å²) in [6.07, 6.45) is 0. The zero-order valence-corrected chi connectivity index (χ0v) is 15.6. The largest absolute Gasteiger partial charge is 0.454 e. The smallest absolute Gasteiger partial charge is 0.334 e. The fourth-order valence-electron chi connectivity index (χ4n) is 3.43. The van der Waals surface area contributed by atoms with Gasteiger partial charge in [-0.05, 0) is 24.3 Å². The number of ether oxygens (including phenoxy) is 2. The van der Waals surface area contributed by atoms with E-state index in [1.165, 1.54) is 34.4 Å². The first kappa shape index (κ1) is 17.9. The number of amides is 1. The Morgan fingerprint density at radius 2 is 1.93 bits per heavy atom. The number of rotatable bonds is 3. The summed E-state index contributed by atoms with van der Waals surface area (Å²) in [6.45, 7) is 0.0843. The Bertz CT molecular complexity index is 1410. The molecule has 2 N–H and O–H groups in total. The van der Waals surface area contributed by atoms with Gasteiger partial charge in [-0.3, -0.25) is 9.36 Å². The molecule has 10 heteroatoms. The standard InChI is InChI=1S/C20H14FN5O4/c1-25-16-15(17(22)27)23-18(10-3-2-4-11(21)7-10)24-19(16)26(20(25)28)12-5-6-13-14(8-12)30-9-29-13/h2-8H,9H2,1H3,(H2,22,27). The summed E-state index contributed by atoms with van der Waals surface area (Å²) in [5.41, 5.74) is 6.05. The Morgan fingerprint density at radius 1 is 1.13 bits per heavy atom. The topological polar surface area (TPSA) is 114 Å². The minimum atomic E-state index is -0.835. The molecule has 0 bridgehead atoms. The van der Waals surface area contributed by atoms with Crippen LogP contribution in [0, 0.1) is 5.82 Å². The molecule has 0 unspecified atom stereocenters. The molecule has 150 valence electrons. The monoisotopic (exact) mass is 407 g/mol. The Kier molecular flexibility index (Phi) is 3.82. The molecule has 1 amide bonds. The lowest BCUT2D eigenvalue weighted by Gasteiger charge is -2.07. The van der Waals surface area contributed by atoms with Crippen molar-refractivity contribution in [1.29, 1.82) is 0 Å². The van der Waals surface area contributed by atoms with Gasteiger partial charge in [0.15, 0.2) is 28.7 Å². The number of nitrogens with two attached hydrogens (primary N) is 1. The quantitative estimate of drug-likeness (QED) is 0.553. The van der Waals surface area contributed by atoms with Gasteiger partial charge >= 0.3 is 5.69 Å². The van der Waals surface area contributed by atoms with E-state index in [1.54, 1.807) is 24.3 Å². The third-order valence-corrected chi connectivity index (χ3v) is 4.82. The molecule has 0 saturated heterocycles. The second kappa shape index (κ2) is 6.41. The zero-order valence-electron chi connectivity index (χ0n) is 15.6. The third kappa shape index (κ3) is 2.61. The number of primary amides is 1. The average Bonchev–Trinajstić information content (AvgIpc) is 3.29. The van der Waals surface area contributed by atoms with Crippen molar-refractivity contribution in [3.63, 3.8) is 0 Å². The minimum absolute atomic E-state index is 0.0656. The molecule has 0 aliphatic carbocycles. The van der Waals surface area contributed by atoms with Gasteiger partial charge in [0.1, 0.15) is 11.3 Å². The van der Waals surface area contributed by atoms with Gasteiger partial charge in [0, 0.05) is 18.7 Å². The van der Waals surface area contributed by atoms with E-state index < -0.39 is 17.4 Å². The Balaban J connectivity index is 1.85. The van der Waals surface area contributed by atoms with E-state index >= 15 is 0 Å². The number of halogens is 1. The van der Waals surface area contributed by atoms with Gasteiger partial charge in [-0.1, -0.05) is 12.1 Å². The van der Waals surface area contributed by atoms with Crippen molar-refractivity contribution in [1.82, 2.24) is 19.1 Å². The summed E-state index contributed by atoms with van der Waals surface area (Å²) < 4.78 is 27.0. The van der Waals surface area contributed by atoms with Gasteiger partial charge in [-0.25, -0.2) is 23.7 Å². The maximum Gasteiger partial charge on any atom is 0.334 e. The van der Waals surface area contributed by atoms with Crippen molar-refractivity contribution in [2.24, 2.45) is 12.8 Å². The number of hydrogen-bond acceptors (Lipinski definition) is 6. The fraction of sp³-hybridized carbons (Fsp3) is 0.100. The van der Waals surface area contributed by atoms with E-state index in [-0.39, 0.29) is 29.5 Å². The molecule has 5 rings (SSSR count). The lowest BCUT2D eigenvalue weighted by atomic mass is 10.2. The van der Waals surface area contributed by atoms with Crippen LogP contribution in [0.25, 0.3) is 28.2 Å². The third-order valence-electron chi connectivity index (χ3n) is 4.82. The molecule has 2 aromatic carbocycles. The molecular formula is C20H14FN5O4. The van der Waals surface area contributed by atoms with Crippen molar-refractivity contribution in [2.45, 2.75) is 0 Å². The second-order valence-electron chi connectivity index (χ2n) is 6.66. The molecule has 0 spiro atoms. The van der Waals surface area contributed by atoms with Crippen molar-refractivity contribution in [3.05, 3.63) is 64.5 Å². The molecule has 0 radical (unpaired) electrons. The van der Waals surface area contributed by atoms with Crippen LogP contribution in [0.2, 0.25) is 0 Å². The predicted octanol–water partition coefficient (Wildman–Crippen LogP) is 1.75. The number of aromatic nitrogens is 4. The summed E-state index contributed by atoms with van der Waals surface area (Å²) in [4.78, 5) is 33.8. The molecule has 1 aliphatic heterocycles. The van der Waals surface area contributed by atoms with E-state index in [4.69, 9.17) is 15.2 Å². The maximum absolute atomic E-state index is 13.7. The molecule has 0 atom stereocenters. The highest BCUT2D eigenvalue weighted by atomic mass is 19.1. The zero-order chi connectivity index (χ0) is 21.0. The Morgan fingerprint density at radius 3 is 2.70 bits per heavy atom. The molecule has 0 saturated carbocycles. The van der Waals surface area contributed by atoms with Crippen LogP contribution in [0.1, 0.15) is 10.5 Å². The van der Waals surface area contributed by atoms with E-state index in [9.17, 15) is 14.0 Å². The highest BCUT2D eigenvalue weighted by Crippen LogP contribution is 2.34. The van der Waals surface area contributed by atoms with Gasteiger partial charge in [0.25, 0.3) is 5.91 Å². The number of aryl methyl sites for hydroxylation is 1. The number of nitrogens with zero attached hydrogens (tertiary/aromatic N) is 4. The van der Waals surface area contributed by atoms with Crippen molar-refractivity contribution in [2.75, 3.05) is 6.79 Å². The van der Waals surface area contributed by atoms with Crippen LogP contribution in [0.15, 0.2) is 47.3 Å². The minimum Gasteiger partial charge on any atom is -0.454 e. The van der Waals surface area contributed by atoms with Crippen molar-refractivity contribution in [3.8, 4) is 28.6 Å². The first-order valence-corrected chi connectivity index (χ1v) is 8.89. The predicted molar refractivity (Wildman–Crippen MR) is 104 cm³/mol. The number of carbonyl (C=O) groups is 1. The number of fused-ring (bicyclic) bond motifs is 2. The summed E-state index contributed by atoms with van der Waals surface area (Å²) in [5.74, 6) is -0.224. The summed E-state index contributed by atoms with van der Waals surface area (Å²) in [6, 6.07) is 10.6.